The van der Waals surface area contributed by atoms with Crippen molar-refractivity contribution in [2.75, 3.05) is 0 Å². The van der Waals surface area contributed by atoms with E-state index in [1.54, 1.807) is 0 Å². The van der Waals surface area contributed by atoms with Crippen LogP contribution in [0.15, 0.2) is 36.7 Å². The summed E-state index contributed by atoms with van der Waals surface area (Å²) in [4.78, 5) is 0. The number of nitrogens with zero attached hydrogens (tertiary/aromatic N) is 1. The molecule has 19 heavy (non-hydrogen) atoms. The van der Waals surface area contributed by atoms with E-state index in [0.717, 1.165) is 23.7 Å². The summed E-state index contributed by atoms with van der Waals surface area (Å²) in [5.41, 5.74) is 3.66. The molecule has 0 unspecified atom stereocenters. The molecule has 0 aliphatic carbocycles. The fraction of sp³-hybridized carbons (Fsp3) is 0.375. The Kier molecular flexibility index (Phi) is 4.67. The number of aromatic nitrogens is 1. The minimum atomic E-state index is 0.509. The molecule has 0 saturated carbocycles. The molecule has 3 heteroatoms. The molecule has 0 aliphatic rings. The highest BCUT2D eigenvalue weighted by molar-refractivity contribution is 6.31. The van der Waals surface area contributed by atoms with Crippen LogP contribution in [0.4, 0.5) is 0 Å². The Labute approximate surface area is 120 Å². The summed E-state index contributed by atoms with van der Waals surface area (Å²) in [6, 6.07) is 8.88. The molecule has 0 fully saturated rings. The molecule has 2 aromatic rings. The number of aryl methyl sites for hydroxylation is 1. The normalized spacial score (nSPS) is 11.2. The van der Waals surface area contributed by atoms with E-state index >= 15 is 0 Å². The molecule has 102 valence electrons. The summed E-state index contributed by atoms with van der Waals surface area (Å²) in [7, 11) is 0. The number of halogens is 1. The van der Waals surface area contributed by atoms with E-state index in [1.807, 2.05) is 6.07 Å². The molecule has 1 N–H and O–H groups in total. The number of nitrogens with one attached hydrogen (secondary N) is 1. The van der Waals surface area contributed by atoms with Gasteiger partial charge >= 0.3 is 0 Å². The van der Waals surface area contributed by atoms with Crippen LogP contribution < -0.4 is 5.32 Å². The third kappa shape index (κ3) is 4.12. The summed E-state index contributed by atoms with van der Waals surface area (Å²) in [6.45, 7) is 8.10. The molecule has 0 spiro atoms. The van der Waals surface area contributed by atoms with Crippen LogP contribution in [0.25, 0.3) is 0 Å². The van der Waals surface area contributed by atoms with Crippen LogP contribution in [0.1, 0.15) is 30.5 Å². The van der Waals surface area contributed by atoms with Crippen molar-refractivity contribution in [2.45, 2.75) is 39.9 Å². The summed E-state index contributed by atoms with van der Waals surface area (Å²) in [5.74, 6) is 0. The van der Waals surface area contributed by atoms with Gasteiger partial charge in [0.1, 0.15) is 0 Å². The molecule has 0 atom stereocenters. The van der Waals surface area contributed by atoms with Crippen molar-refractivity contribution < 1.29 is 0 Å². The molecular formula is C16H21ClN2. The molecule has 0 radical (unpaired) electrons. The zero-order chi connectivity index (χ0) is 13.8. The van der Waals surface area contributed by atoms with E-state index in [4.69, 9.17) is 11.6 Å². The van der Waals surface area contributed by atoms with E-state index in [-0.39, 0.29) is 0 Å². The Morgan fingerprint density at radius 2 is 2.05 bits per heavy atom. The second-order valence-corrected chi connectivity index (χ2v) is 5.73. The lowest BCUT2D eigenvalue weighted by molar-refractivity contribution is 0.588. The van der Waals surface area contributed by atoms with Crippen LogP contribution in [0.5, 0.6) is 0 Å². The minimum absolute atomic E-state index is 0.509. The highest BCUT2D eigenvalue weighted by Gasteiger charge is 2.03. The first-order valence-electron chi connectivity index (χ1n) is 6.67. The summed E-state index contributed by atoms with van der Waals surface area (Å²) < 4.78 is 2.17. The first-order chi connectivity index (χ1) is 9.04. The van der Waals surface area contributed by atoms with Crippen LogP contribution in [0, 0.1) is 6.92 Å². The standard InChI is InChI=1S/C16H21ClN2/c1-12(2)18-9-14-6-7-19(10-14)11-15-5-4-13(3)8-16(15)17/h4-8,10,12,18H,9,11H2,1-3H3. The Bertz CT molecular complexity index is 543. The van der Waals surface area contributed by atoms with Crippen LogP contribution >= 0.6 is 11.6 Å². The van der Waals surface area contributed by atoms with Gasteiger partial charge < -0.3 is 9.88 Å². The highest BCUT2D eigenvalue weighted by atomic mass is 35.5. The van der Waals surface area contributed by atoms with Crippen LogP contribution in [0.3, 0.4) is 0 Å². The van der Waals surface area contributed by atoms with E-state index in [9.17, 15) is 0 Å². The third-order valence-corrected chi connectivity index (χ3v) is 3.44. The SMILES string of the molecule is Cc1ccc(Cn2ccc(CNC(C)C)c2)c(Cl)c1. The van der Waals surface area contributed by atoms with Crippen molar-refractivity contribution in [1.29, 1.82) is 0 Å². The molecule has 2 nitrogen and oxygen atoms in total. The van der Waals surface area contributed by atoms with Crippen molar-refractivity contribution >= 4 is 11.6 Å². The van der Waals surface area contributed by atoms with Crippen molar-refractivity contribution in [1.82, 2.24) is 9.88 Å². The molecule has 0 bridgehead atoms. The van der Waals surface area contributed by atoms with Crippen molar-refractivity contribution in [3.05, 3.63) is 58.4 Å². The predicted octanol–water partition coefficient (Wildman–Crippen LogP) is 4.00. The monoisotopic (exact) mass is 276 g/mol. The van der Waals surface area contributed by atoms with Gasteiger partial charge in [-0.3, -0.25) is 0 Å². The second-order valence-electron chi connectivity index (χ2n) is 5.32. The summed E-state index contributed by atoms with van der Waals surface area (Å²) in [6.07, 6.45) is 4.28. The smallest absolute Gasteiger partial charge is 0.0485 e. The molecule has 2 rings (SSSR count). The quantitative estimate of drug-likeness (QED) is 0.874. The van der Waals surface area contributed by atoms with Gasteiger partial charge in [-0.2, -0.15) is 0 Å². The maximum atomic E-state index is 6.26. The first kappa shape index (κ1) is 14.2. The van der Waals surface area contributed by atoms with Gasteiger partial charge in [0, 0.05) is 36.5 Å². The van der Waals surface area contributed by atoms with Gasteiger partial charge in [0.15, 0.2) is 0 Å². The minimum Gasteiger partial charge on any atom is -0.350 e. The molecule has 0 saturated heterocycles. The lowest BCUT2D eigenvalue weighted by Crippen LogP contribution is -2.21. The van der Waals surface area contributed by atoms with E-state index in [1.165, 1.54) is 11.1 Å². The van der Waals surface area contributed by atoms with E-state index < -0.39 is 0 Å². The van der Waals surface area contributed by atoms with Gasteiger partial charge in [0.25, 0.3) is 0 Å². The predicted molar refractivity (Wildman–Crippen MR) is 81.7 cm³/mol. The summed E-state index contributed by atoms with van der Waals surface area (Å²) >= 11 is 6.26. The highest BCUT2D eigenvalue weighted by Crippen LogP contribution is 2.19. The molecular weight excluding hydrogens is 256 g/mol. The maximum absolute atomic E-state index is 6.26. The lowest BCUT2D eigenvalue weighted by Gasteiger charge is -2.07. The fourth-order valence-electron chi connectivity index (χ4n) is 1.99. The Morgan fingerprint density at radius 1 is 1.26 bits per heavy atom. The topological polar surface area (TPSA) is 17.0 Å². The Hall–Kier alpha value is -1.25. The van der Waals surface area contributed by atoms with E-state index in [2.05, 4.69) is 61.2 Å². The molecule has 1 aromatic carbocycles. The van der Waals surface area contributed by atoms with Crippen molar-refractivity contribution in [3.63, 3.8) is 0 Å². The van der Waals surface area contributed by atoms with Crippen molar-refractivity contribution in [3.8, 4) is 0 Å². The Morgan fingerprint density at radius 3 is 2.74 bits per heavy atom. The number of rotatable bonds is 5. The average Bonchev–Trinajstić information content (AvgIpc) is 2.78. The summed E-state index contributed by atoms with van der Waals surface area (Å²) in [5, 5.41) is 4.26. The maximum Gasteiger partial charge on any atom is 0.0485 e. The van der Waals surface area contributed by atoms with Crippen LogP contribution in [0.2, 0.25) is 5.02 Å². The number of hydrogen-bond donors (Lipinski definition) is 1. The average molecular weight is 277 g/mol. The molecule has 1 heterocycles. The lowest BCUT2D eigenvalue weighted by atomic mass is 10.1. The molecule has 0 amide bonds. The molecule has 1 aromatic heterocycles. The zero-order valence-corrected chi connectivity index (χ0v) is 12.5. The first-order valence-corrected chi connectivity index (χ1v) is 7.05. The van der Waals surface area contributed by atoms with E-state index in [0.29, 0.717) is 6.04 Å². The number of hydrogen-bond acceptors (Lipinski definition) is 1. The van der Waals surface area contributed by atoms with Crippen molar-refractivity contribution in [2.24, 2.45) is 0 Å². The van der Waals surface area contributed by atoms with Crippen LogP contribution in [-0.2, 0) is 13.1 Å². The fourth-order valence-corrected chi connectivity index (χ4v) is 2.29. The zero-order valence-electron chi connectivity index (χ0n) is 11.8. The Balaban J connectivity index is 2.03. The van der Waals surface area contributed by atoms with Gasteiger partial charge in [0.05, 0.1) is 0 Å². The van der Waals surface area contributed by atoms with Gasteiger partial charge in [-0.25, -0.2) is 0 Å². The van der Waals surface area contributed by atoms with Gasteiger partial charge in [-0.15, -0.1) is 0 Å². The van der Waals surface area contributed by atoms with Gasteiger partial charge in [-0.1, -0.05) is 37.6 Å². The van der Waals surface area contributed by atoms with Gasteiger partial charge in [0.2, 0.25) is 0 Å². The van der Waals surface area contributed by atoms with Crippen LogP contribution in [-0.4, -0.2) is 10.6 Å². The molecule has 0 aliphatic heterocycles. The third-order valence-electron chi connectivity index (χ3n) is 3.09. The second kappa shape index (κ2) is 6.27. The van der Waals surface area contributed by atoms with Gasteiger partial charge in [-0.05, 0) is 35.7 Å². The number of benzene rings is 1. The largest absolute Gasteiger partial charge is 0.350 e.